The largest absolute Gasteiger partial charge is 0.495 e. The number of pyridine rings is 1. The normalized spacial score (nSPS) is 26.5. The molecule has 0 amide bonds. The molecule has 1 aromatic heterocycles. The molecule has 1 fully saturated rings. The van der Waals surface area contributed by atoms with Gasteiger partial charge in [0.05, 0.1) is 7.11 Å². The summed E-state index contributed by atoms with van der Waals surface area (Å²) in [6, 6.07) is 3.64. The summed E-state index contributed by atoms with van der Waals surface area (Å²) in [6.45, 7) is 3.51. The van der Waals surface area contributed by atoms with Crippen molar-refractivity contribution in [2.45, 2.75) is 19.4 Å². The molecule has 0 aromatic carbocycles. The Hall–Kier alpha value is -1.13. The van der Waals surface area contributed by atoms with Crippen molar-refractivity contribution in [1.29, 1.82) is 0 Å². The molecule has 0 bridgehead atoms. The number of ether oxygens (including phenoxy) is 2. The van der Waals surface area contributed by atoms with E-state index in [1.165, 1.54) is 0 Å². The van der Waals surface area contributed by atoms with Crippen LogP contribution in [0.25, 0.3) is 0 Å². The van der Waals surface area contributed by atoms with Crippen LogP contribution in [-0.4, -0.2) is 30.4 Å². The first kappa shape index (κ1) is 12.3. The molecule has 17 heavy (non-hydrogen) atoms. The SMILES string of the molecule is COc1cccnc1C(O)C1CCOCC1C. The summed E-state index contributed by atoms with van der Waals surface area (Å²) in [7, 11) is 1.60. The lowest BCUT2D eigenvalue weighted by Crippen LogP contribution is -2.30. The Bertz CT molecular complexity index is 369. The molecule has 1 aromatic rings. The molecule has 1 aliphatic heterocycles. The number of aromatic nitrogens is 1. The molecule has 3 unspecified atom stereocenters. The first-order valence-corrected chi connectivity index (χ1v) is 5.98. The lowest BCUT2D eigenvalue weighted by Gasteiger charge is -2.32. The maximum atomic E-state index is 10.4. The summed E-state index contributed by atoms with van der Waals surface area (Å²) >= 11 is 0. The van der Waals surface area contributed by atoms with Crippen LogP contribution in [0.5, 0.6) is 5.75 Å². The van der Waals surface area contributed by atoms with Crippen LogP contribution in [0.1, 0.15) is 25.1 Å². The van der Waals surface area contributed by atoms with Gasteiger partial charge in [0.1, 0.15) is 17.5 Å². The van der Waals surface area contributed by atoms with Crippen molar-refractivity contribution in [3.8, 4) is 5.75 Å². The highest BCUT2D eigenvalue weighted by Gasteiger charge is 2.31. The molecule has 1 N–H and O–H groups in total. The van der Waals surface area contributed by atoms with Gasteiger partial charge in [0.15, 0.2) is 0 Å². The van der Waals surface area contributed by atoms with E-state index >= 15 is 0 Å². The Kier molecular flexibility index (Phi) is 3.97. The number of methoxy groups -OCH3 is 1. The second kappa shape index (κ2) is 5.47. The minimum Gasteiger partial charge on any atom is -0.495 e. The molecule has 0 saturated carbocycles. The van der Waals surface area contributed by atoms with Gasteiger partial charge in [0.25, 0.3) is 0 Å². The first-order chi connectivity index (χ1) is 8.24. The molecular weight excluding hydrogens is 218 g/mol. The quantitative estimate of drug-likeness (QED) is 0.871. The van der Waals surface area contributed by atoms with Gasteiger partial charge in [-0.05, 0) is 30.4 Å². The molecule has 4 heteroatoms. The van der Waals surface area contributed by atoms with E-state index in [0.29, 0.717) is 30.6 Å². The van der Waals surface area contributed by atoms with Crippen LogP contribution >= 0.6 is 0 Å². The van der Waals surface area contributed by atoms with Crippen molar-refractivity contribution in [3.63, 3.8) is 0 Å². The van der Waals surface area contributed by atoms with Gasteiger partial charge in [0.2, 0.25) is 0 Å². The Morgan fingerprint density at radius 3 is 3.12 bits per heavy atom. The zero-order valence-corrected chi connectivity index (χ0v) is 10.3. The van der Waals surface area contributed by atoms with Gasteiger partial charge in [0, 0.05) is 19.4 Å². The Balaban J connectivity index is 2.20. The number of hydrogen-bond donors (Lipinski definition) is 1. The van der Waals surface area contributed by atoms with E-state index in [0.717, 1.165) is 6.42 Å². The topological polar surface area (TPSA) is 51.6 Å². The van der Waals surface area contributed by atoms with Crippen molar-refractivity contribution in [3.05, 3.63) is 24.0 Å². The second-order valence-electron chi connectivity index (χ2n) is 4.54. The van der Waals surface area contributed by atoms with E-state index in [-0.39, 0.29) is 5.92 Å². The maximum absolute atomic E-state index is 10.4. The number of rotatable bonds is 3. The summed E-state index contributed by atoms with van der Waals surface area (Å²) in [5.41, 5.74) is 0.633. The predicted molar refractivity (Wildman–Crippen MR) is 63.8 cm³/mol. The molecule has 1 saturated heterocycles. The Morgan fingerprint density at radius 2 is 2.41 bits per heavy atom. The highest BCUT2D eigenvalue weighted by Crippen LogP contribution is 2.36. The second-order valence-corrected chi connectivity index (χ2v) is 4.54. The lowest BCUT2D eigenvalue weighted by atomic mass is 9.83. The molecule has 4 nitrogen and oxygen atoms in total. The van der Waals surface area contributed by atoms with Crippen LogP contribution in [0.15, 0.2) is 18.3 Å². The Labute approximate surface area is 102 Å². The molecule has 0 radical (unpaired) electrons. The minimum atomic E-state index is -0.579. The number of nitrogens with zero attached hydrogens (tertiary/aromatic N) is 1. The lowest BCUT2D eigenvalue weighted by molar-refractivity contribution is -0.0330. The van der Waals surface area contributed by atoms with Crippen LogP contribution in [0, 0.1) is 11.8 Å². The third kappa shape index (κ3) is 2.58. The first-order valence-electron chi connectivity index (χ1n) is 5.98. The molecule has 2 rings (SSSR count). The van der Waals surface area contributed by atoms with E-state index in [4.69, 9.17) is 9.47 Å². The van der Waals surface area contributed by atoms with E-state index < -0.39 is 6.10 Å². The van der Waals surface area contributed by atoms with Gasteiger partial charge >= 0.3 is 0 Å². The zero-order chi connectivity index (χ0) is 12.3. The van der Waals surface area contributed by atoms with Gasteiger partial charge in [-0.2, -0.15) is 0 Å². The molecule has 2 heterocycles. The highest BCUT2D eigenvalue weighted by atomic mass is 16.5. The maximum Gasteiger partial charge on any atom is 0.143 e. The van der Waals surface area contributed by atoms with Crippen molar-refractivity contribution >= 4 is 0 Å². The molecule has 1 aliphatic rings. The summed E-state index contributed by atoms with van der Waals surface area (Å²) in [4.78, 5) is 4.24. The van der Waals surface area contributed by atoms with Gasteiger partial charge in [-0.3, -0.25) is 4.98 Å². The van der Waals surface area contributed by atoms with Crippen molar-refractivity contribution in [2.75, 3.05) is 20.3 Å². The fourth-order valence-corrected chi connectivity index (χ4v) is 2.37. The van der Waals surface area contributed by atoms with Crippen LogP contribution < -0.4 is 4.74 Å². The van der Waals surface area contributed by atoms with Crippen LogP contribution in [0.3, 0.4) is 0 Å². The predicted octanol–water partition coefficient (Wildman–Crippen LogP) is 1.80. The van der Waals surface area contributed by atoms with Gasteiger partial charge in [-0.25, -0.2) is 0 Å². The highest BCUT2D eigenvalue weighted by molar-refractivity contribution is 5.29. The monoisotopic (exact) mass is 237 g/mol. The van der Waals surface area contributed by atoms with Gasteiger partial charge < -0.3 is 14.6 Å². The fourth-order valence-electron chi connectivity index (χ4n) is 2.37. The summed E-state index contributed by atoms with van der Waals surface area (Å²) in [6.07, 6.45) is 1.97. The van der Waals surface area contributed by atoms with Crippen molar-refractivity contribution in [1.82, 2.24) is 4.98 Å². The molecule has 0 aliphatic carbocycles. The zero-order valence-electron chi connectivity index (χ0n) is 10.3. The molecule has 0 spiro atoms. The average molecular weight is 237 g/mol. The van der Waals surface area contributed by atoms with Crippen molar-refractivity contribution < 1.29 is 14.6 Å². The van der Waals surface area contributed by atoms with Crippen molar-refractivity contribution in [2.24, 2.45) is 11.8 Å². The van der Waals surface area contributed by atoms with Crippen LogP contribution in [0.4, 0.5) is 0 Å². The number of aliphatic hydroxyl groups is 1. The molecule has 94 valence electrons. The summed E-state index contributed by atoms with van der Waals surface area (Å²) in [5.74, 6) is 1.18. The van der Waals surface area contributed by atoms with Crippen LogP contribution in [-0.2, 0) is 4.74 Å². The summed E-state index contributed by atoms with van der Waals surface area (Å²) in [5, 5.41) is 10.4. The van der Waals surface area contributed by atoms with Gasteiger partial charge in [-0.1, -0.05) is 6.92 Å². The standard InChI is InChI=1S/C13H19NO3/c1-9-8-17-7-5-10(9)13(15)12-11(16-2)4-3-6-14-12/h3-4,6,9-10,13,15H,5,7-8H2,1-2H3. The fraction of sp³-hybridized carbons (Fsp3) is 0.615. The van der Waals surface area contributed by atoms with E-state index in [2.05, 4.69) is 11.9 Å². The Morgan fingerprint density at radius 1 is 1.59 bits per heavy atom. The van der Waals surface area contributed by atoms with Crippen LogP contribution in [0.2, 0.25) is 0 Å². The minimum absolute atomic E-state index is 0.188. The third-order valence-corrected chi connectivity index (χ3v) is 3.41. The molecule has 3 atom stereocenters. The number of aliphatic hydroxyl groups excluding tert-OH is 1. The average Bonchev–Trinajstić information content (AvgIpc) is 2.38. The van der Waals surface area contributed by atoms with Gasteiger partial charge in [-0.15, -0.1) is 0 Å². The number of hydrogen-bond acceptors (Lipinski definition) is 4. The summed E-state index contributed by atoms with van der Waals surface area (Å²) < 4.78 is 10.6. The van der Waals surface area contributed by atoms with E-state index in [1.807, 2.05) is 12.1 Å². The third-order valence-electron chi connectivity index (χ3n) is 3.41. The molecular formula is C13H19NO3. The van der Waals surface area contributed by atoms with E-state index in [1.54, 1.807) is 13.3 Å². The smallest absolute Gasteiger partial charge is 0.143 e. The van der Waals surface area contributed by atoms with E-state index in [9.17, 15) is 5.11 Å².